The second-order valence-electron chi connectivity index (χ2n) is 7.13. The van der Waals surface area contributed by atoms with E-state index in [2.05, 4.69) is 32.2 Å². The van der Waals surface area contributed by atoms with Gasteiger partial charge in [-0.15, -0.1) is 0 Å². The molecule has 3 aromatic rings. The summed E-state index contributed by atoms with van der Waals surface area (Å²) in [6.07, 6.45) is 8.64. The summed E-state index contributed by atoms with van der Waals surface area (Å²) in [6.45, 7) is 1.03. The highest BCUT2D eigenvalue weighted by Gasteiger charge is 2.14. The fraction of sp³-hybridized carbons (Fsp3) is 0.0833. The zero-order valence-corrected chi connectivity index (χ0v) is 18.8. The molecule has 9 nitrogen and oxygen atoms in total. The van der Waals surface area contributed by atoms with Crippen LogP contribution in [-0.4, -0.2) is 17.6 Å². The second-order valence-corrected chi connectivity index (χ2v) is 7.56. The Balaban J connectivity index is 1.32. The van der Waals surface area contributed by atoms with E-state index in [1.807, 2.05) is 42.6 Å². The summed E-state index contributed by atoms with van der Waals surface area (Å²) in [4.78, 5) is 12.9. The van der Waals surface area contributed by atoms with Gasteiger partial charge in [0.1, 0.15) is 12.0 Å². The fourth-order valence-corrected chi connectivity index (χ4v) is 3.14. The predicted molar refractivity (Wildman–Crippen MR) is 130 cm³/mol. The van der Waals surface area contributed by atoms with Crippen LogP contribution in [0.15, 0.2) is 101 Å². The van der Waals surface area contributed by atoms with Crippen molar-refractivity contribution < 1.29 is 14.1 Å². The van der Waals surface area contributed by atoms with Gasteiger partial charge in [0.2, 0.25) is 0 Å². The molecular formula is C24H23ClN6O3. The van der Waals surface area contributed by atoms with Gasteiger partial charge in [-0.05, 0) is 65.0 Å². The number of benzene rings is 2. The number of carbonyl (C=O) groups is 1. The Labute approximate surface area is 201 Å². The fourth-order valence-electron chi connectivity index (χ4n) is 3.01. The molecule has 1 amide bonds. The molecule has 0 saturated heterocycles. The van der Waals surface area contributed by atoms with Crippen molar-refractivity contribution >= 4 is 23.2 Å². The molecule has 2 aromatic carbocycles. The molecule has 10 heteroatoms. The van der Waals surface area contributed by atoms with E-state index in [9.17, 15) is 4.79 Å². The lowest BCUT2D eigenvalue weighted by Crippen LogP contribution is -2.34. The number of dihydropyridines is 1. The van der Waals surface area contributed by atoms with E-state index in [1.165, 1.54) is 6.26 Å². The Morgan fingerprint density at radius 1 is 1.15 bits per heavy atom. The highest BCUT2D eigenvalue weighted by molar-refractivity contribution is 6.30. The van der Waals surface area contributed by atoms with E-state index in [0.29, 0.717) is 35.3 Å². The van der Waals surface area contributed by atoms with Gasteiger partial charge in [-0.25, -0.2) is 0 Å². The van der Waals surface area contributed by atoms with Crippen LogP contribution in [0.5, 0.6) is 11.6 Å². The van der Waals surface area contributed by atoms with Gasteiger partial charge in [-0.3, -0.25) is 4.79 Å². The third-order valence-corrected chi connectivity index (χ3v) is 4.98. The maximum Gasteiger partial charge on any atom is 0.259 e. The maximum absolute atomic E-state index is 12.9. The quantitative estimate of drug-likeness (QED) is 0.170. The molecule has 0 unspecified atom stereocenters. The van der Waals surface area contributed by atoms with Gasteiger partial charge < -0.3 is 30.7 Å². The van der Waals surface area contributed by atoms with Gasteiger partial charge in [-0.2, -0.15) is 5.53 Å². The summed E-state index contributed by atoms with van der Waals surface area (Å²) in [7, 11) is 0. The molecule has 174 valence electrons. The van der Waals surface area contributed by atoms with Gasteiger partial charge in [0.25, 0.3) is 11.8 Å². The minimum Gasteiger partial charge on any atom is -0.436 e. The molecule has 1 aliphatic rings. The van der Waals surface area contributed by atoms with E-state index in [-0.39, 0.29) is 5.91 Å². The van der Waals surface area contributed by atoms with Crippen LogP contribution in [0.2, 0.25) is 5.02 Å². The molecule has 0 saturated carbocycles. The first-order valence-electron chi connectivity index (χ1n) is 10.5. The number of halogens is 1. The molecule has 1 aliphatic heterocycles. The van der Waals surface area contributed by atoms with Crippen LogP contribution in [0, 0.1) is 0 Å². The highest BCUT2D eigenvalue weighted by Crippen LogP contribution is 2.21. The van der Waals surface area contributed by atoms with E-state index >= 15 is 0 Å². The second kappa shape index (κ2) is 11.6. The summed E-state index contributed by atoms with van der Waals surface area (Å²) in [5.41, 5.74) is 11.8. The third-order valence-electron chi connectivity index (χ3n) is 4.73. The molecule has 0 atom stereocenters. The minimum absolute atomic E-state index is 0.212. The number of allylic oxidation sites excluding steroid dienone is 1. The molecule has 4 rings (SSSR count). The van der Waals surface area contributed by atoms with Crippen molar-refractivity contribution in [2.45, 2.75) is 6.54 Å². The first-order valence-corrected chi connectivity index (χ1v) is 10.8. The lowest BCUT2D eigenvalue weighted by molar-refractivity contribution is -0.117. The summed E-state index contributed by atoms with van der Waals surface area (Å²) in [5.74, 6) is 0.793. The average molecular weight is 479 g/mol. The number of nitrogens with zero attached hydrogens (tertiary/aromatic N) is 1. The summed E-state index contributed by atoms with van der Waals surface area (Å²) >= 11 is 5.93. The van der Waals surface area contributed by atoms with Crippen LogP contribution in [0.4, 0.5) is 5.69 Å². The van der Waals surface area contributed by atoms with Crippen molar-refractivity contribution in [2.75, 3.05) is 12.0 Å². The summed E-state index contributed by atoms with van der Waals surface area (Å²) < 4.78 is 10.3. The van der Waals surface area contributed by atoms with Crippen molar-refractivity contribution in [3.8, 4) is 11.6 Å². The molecule has 1 aromatic heterocycles. The molecule has 0 aliphatic carbocycles. The number of amides is 1. The molecule has 0 bridgehead atoms. The van der Waals surface area contributed by atoms with Gasteiger partial charge in [-0.1, -0.05) is 29.8 Å². The Morgan fingerprint density at radius 2 is 1.97 bits per heavy atom. The van der Waals surface area contributed by atoms with Crippen LogP contribution in [0.3, 0.4) is 0 Å². The number of rotatable bonds is 10. The molecule has 34 heavy (non-hydrogen) atoms. The Morgan fingerprint density at radius 3 is 2.68 bits per heavy atom. The van der Waals surface area contributed by atoms with Crippen molar-refractivity contribution in [3.05, 3.63) is 107 Å². The van der Waals surface area contributed by atoms with Crippen LogP contribution >= 0.6 is 11.6 Å². The van der Waals surface area contributed by atoms with E-state index in [4.69, 9.17) is 20.9 Å². The lowest BCUT2D eigenvalue weighted by atomic mass is 10.0. The molecular weight excluding hydrogens is 456 g/mol. The minimum atomic E-state index is -0.212. The Bertz CT molecular complexity index is 1170. The van der Waals surface area contributed by atoms with Crippen molar-refractivity contribution in [1.29, 1.82) is 0 Å². The van der Waals surface area contributed by atoms with Gasteiger partial charge in [0.15, 0.2) is 0 Å². The number of anilines is 1. The summed E-state index contributed by atoms with van der Waals surface area (Å²) in [5, 5.41) is 10.4. The van der Waals surface area contributed by atoms with E-state index in [0.717, 1.165) is 16.8 Å². The van der Waals surface area contributed by atoms with E-state index < -0.39 is 0 Å². The largest absolute Gasteiger partial charge is 0.436 e. The van der Waals surface area contributed by atoms with Crippen LogP contribution in [-0.2, 0) is 11.3 Å². The number of nitrogens with one attached hydrogen (secondary N) is 5. The standard InChI is InChI=1S/C24H23ClN6O3/c25-19-3-1-17(2-4-19)15-27-24(32)22(18-9-12-26-13-10-18)16-28-31-29-20-5-7-21(8-6-20)34-23-11-14-33-30-23/h1-12,14,16,26,28-29,31H,13,15H2,(H,27,32)/b22-16-. The number of ether oxygens (including phenoxy) is 1. The van der Waals surface area contributed by atoms with Gasteiger partial charge >= 0.3 is 0 Å². The number of hydrazine groups is 2. The van der Waals surface area contributed by atoms with E-state index in [1.54, 1.807) is 36.5 Å². The van der Waals surface area contributed by atoms with Crippen molar-refractivity contribution in [1.82, 2.24) is 26.8 Å². The molecule has 0 radical (unpaired) electrons. The number of aromatic nitrogens is 1. The number of hydrogen-bond acceptors (Lipinski definition) is 8. The average Bonchev–Trinajstić information content (AvgIpc) is 3.38. The molecule has 5 N–H and O–H groups in total. The number of carbonyl (C=O) groups excluding carboxylic acids is 1. The Hall–Kier alpha value is -4.21. The first kappa shape index (κ1) is 23.0. The normalized spacial score (nSPS) is 13.0. The molecule has 0 spiro atoms. The van der Waals surface area contributed by atoms with Crippen LogP contribution < -0.4 is 31.8 Å². The third kappa shape index (κ3) is 6.64. The molecule has 2 heterocycles. The monoisotopic (exact) mass is 478 g/mol. The van der Waals surface area contributed by atoms with Crippen LogP contribution in [0.25, 0.3) is 0 Å². The topological polar surface area (TPSA) is 112 Å². The highest BCUT2D eigenvalue weighted by atomic mass is 35.5. The zero-order valence-electron chi connectivity index (χ0n) is 18.0. The SMILES string of the molecule is O=C(NCc1ccc(Cl)cc1)/C(=C\NNNc1ccc(Oc2ccon2)cc1)C1=CCNC=C1. The predicted octanol–water partition coefficient (Wildman–Crippen LogP) is 3.79. The summed E-state index contributed by atoms with van der Waals surface area (Å²) in [6, 6.07) is 16.2. The maximum atomic E-state index is 12.9. The number of hydrogen-bond donors (Lipinski definition) is 5. The first-order chi connectivity index (χ1) is 16.7. The smallest absolute Gasteiger partial charge is 0.259 e. The van der Waals surface area contributed by atoms with Gasteiger partial charge in [0, 0.05) is 30.4 Å². The Kier molecular flexibility index (Phi) is 7.83. The van der Waals surface area contributed by atoms with Crippen LogP contribution in [0.1, 0.15) is 5.56 Å². The van der Waals surface area contributed by atoms with Gasteiger partial charge in [0.05, 0.1) is 11.3 Å². The lowest BCUT2D eigenvalue weighted by Gasteiger charge is -2.15. The molecule has 0 fully saturated rings. The zero-order chi connectivity index (χ0) is 23.6. The van der Waals surface area contributed by atoms with Crippen molar-refractivity contribution in [3.63, 3.8) is 0 Å². The van der Waals surface area contributed by atoms with Crippen molar-refractivity contribution in [2.24, 2.45) is 0 Å².